The SMILES string of the molecule is O=Cc1ccc(NC2CCCCC2)c([N+](=O)[O-])c1. The van der Waals surface area contributed by atoms with Crippen LogP contribution in [0.25, 0.3) is 0 Å². The van der Waals surface area contributed by atoms with Crippen molar-refractivity contribution in [1.29, 1.82) is 0 Å². The molecule has 5 heteroatoms. The predicted molar refractivity (Wildman–Crippen MR) is 69.0 cm³/mol. The van der Waals surface area contributed by atoms with Crippen molar-refractivity contribution in [2.45, 2.75) is 38.1 Å². The van der Waals surface area contributed by atoms with Crippen LogP contribution in [-0.2, 0) is 0 Å². The molecule has 0 aromatic heterocycles. The molecule has 1 aliphatic rings. The first-order valence-corrected chi connectivity index (χ1v) is 6.21. The molecular weight excluding hydrogens is 232 g/mol. The quantitative estimate of drug-likeness (QED) is 0.504. The molecule has 0 aliphatic heterocycles. The summed E-state index contributed by atoms with van der Waals surface area (Å²) in [6, 6.07) is 4.85. The van der Waals surface area contributed by atoms with Gasteiger partial charge in [-0.15, -0.1) is 0 Å². The van der Waals surface area contributed by atoms with Crippen LogP contribution in [0.1, 0.15) is 42.5 Å². The normalized spacial score (nSPS) is 16.2. The Labute approximate surface area is 105 Å². The van der Waals surface area contributed by atoms with Gasteiger partial charge in [0.1, 0.15) is 12.0 Å². The van der Waals surface area contributed by atoms with Gasteiger partial charge in [0.05, 0.1) is 4.92 Å². The van der Waals surface area contributed by atoms with Crippen LogP contribution in [0, 0.1) is 10.1 Å². The summed E-state index contributed by atoms with van der Waals surface area (Å²) in [5.41, 5.74) is 0.818. The second-order valence-corrected chi connectivity index (χ2v) is 4.63. The summed E-state index contributed by atoms with van der Waals surface area (Å²) < 4.78 is 0. The third kappa shape index (κ3) is 2.85. The number of carbonyl (C=O) groups is 1. The first-order chi connectivity index (χ1) is 8.70. The fraction of sp³-hybridized carbons (Fsp3) is 0.462. The second-order valence-electron chi connectivity index (χ2n) is 4.63. The highest BCUT2D eigenvalue weighted by atomic mass is 16.6. The highest BCUT2D eigenvalue weighted by Crippen LogP contribution is 2.28. The lowest BCUT2D eigenvalue weighted by Crippen LogP contribution is -2.22. The van der Waals surface area contributed by atoms with E-state index in [0.717, 1.165) is 25.7 Å². The lowest BCUT2D eigenvalue weighted by molar-refractivity contribution is -0.384. The maximum Gasteiger partial charge on any atom is 0.293 e. The van der Waals surface area contributed by atoms with E-state index in [1.165, 1.54) is 12.5 Å². The second kappa shape index (κ2) is 5.62. The van der Waals surface area contributed by atoms with Crippen LogP contribution in [0.5, 0.6) is 0 Å². The van der Waals surface area contributed by atoms with E-state index >= 15 is 0 Å². The number of carbonyl (C=O) groups excluding carboxylic acids is 1. The Morgan fingerprint density at radius 2 is 2.00 bits per heavy atom. The molecule has 0 unspecified atom stereocenters. The smallest absolute Gasteiger partial charge is 0.293 e. The minimum Gasteiger partial charge on any atom is -0.377 e. The van der Waals surface area contributed by atoms with Crippen molar-refractivity contribution in [2.24, 2.45) is 0 Å². The van der Waals surface area contributed by atoms with E-state index in [9.17, 15) is 14.9 Å². The van der Waals surface area contributed by atoms with E-state index in [1.54, 1.807) is 12.1 Å². The topological polar surface area (TPSA) is 72.2 Å². The molecule has 18 heavy (non-hydrogen) atoms. The van der Waals surface area contributed by atoms with Crippen molar-refractivity contribution in [1.82, 2.24) is 0 Å². The average Bonchev–Trinajstić information content (AvgIpc) is 2.40. The number of anilines is 1. The minimum atomic E-state index is -0.446. The number of nitro benzene ring substituents is 1. The average molecular weight is 248 g/mol. The number of hydrogen-bond donors (Lipinski definition) is 1. The summed E-state index contributed by atoms with van der Waals surface area (Å²) in [5, 5.41) is 14.2. The van der Waals surface area contributed by atoms with Gasteiger partial charge in [-0.2, -0.15) is 0 Å². The molecule has 1 N–H and O–H groups in total. The Hall–Kier alpha value is -1.91. The van der Waals surface area contributed by atoms with Crippen molar-refractivity contribution < 1.29 is 9.72 Å². The van der Waals surface area contributed by atoms with E-state index in [-0.39, 0.29) is 5.69 Å². The van der Waals surface area contributed by atoms with Gasteiger partial charge in [0.25, 0.3) is 5.69 Å². The molecular formula is C13H16N2O3. The standard InChI is InChI=1S/C13H16N2O3/c16-9-10-6-7-12(13(8-10)15(17)18)14-11-4-2-1-3-5-11/h6-9,11,14H,1-5H2. The van der Waals surface area contributed by atoms with Crippen molar-refractivity contribution in [3.8, 4) is 0 Å². The summed E-state index contributed by atoms with van der Waals surface area (Å²) in [6.45, 7) is 0. The third-order valence-corrected chi connectivity index (χ3v) is 3.32. The van der Waals surface area contributed by atoms with Gasteiger partial charge in [-0.05, 0) is 25.0 Å². The Morgan fingerprint density at radius 3 is 2.61 bits per heavy atom. The van der Waals surface area contributed by atoms with Crippen LogP contribution >= 0.6 is 0 Å². The molecule has 2 rings (SSSR count). The molecule has 0 spiro atoms. The molecule has 1 fully saturated rings. The summed E-state index contributed by atoms with van der Waals surface area (Å²) in [4.78, 5) is 21.2. The molecule has 0 bridgehead atoms. The summed E-state index contributed by atoms with van der Waals surface area (Å²) >= 11 is 0. The Kier molecular flexibility index (Phi) is 3.92. The van der Waals surface area contributed by atoms with E-state index in [0.29, 0.717) is 23.6 Å². The maximum absolute atomic E-state index is 11.0. The maximum atomic E-state index is 11.0. The molecule has 5 nitrogen and oxygen atoms in total. The van der Waals surface area contributed by atoms with Gasteiger partial charge < -0.3 is 5.32 Å². The lowest BCUT2D eigenvalue weighted by atomic mass is 9.95. The highest BCUT2D eigenvalue weighted by Gasteiger charge is 2.19. The molecule has 0 atom stereocenters. The van der Waals surface area contributed by atoms with E-state index in [4.69, 9.17) is 0 Å². The monoisotopic (exact) mass is 248 g/mol. The highest BCUT2D eigenvalue weighted by molar-refractivity contribution is 5.79. The van der Waals surface area contributed by atoms with Crippen LogP contribution < -0.4 is 5.32 Å². The van der Waals surface area contributed by atoms with Crippen molar-refractivity contribution >= 4 is 17.7 Å². The number of hydrogen-bond acceptors (Lipinski definition) is 4. The number of benzene rings is 1. The van der Waals surface area contributed by atoms with Gasteiger partial charge in [0.15, 0.2) is 0 Å². The number of nitrogens with zero attached hydrogens (tertiary/aromatic N) is 1. The van der Waals surface area contributed by atoms with Crippen molar-refractivity contribution in [3.63, 3.8) is 0 Å². The van der Waals surface area contributed by atoms with Crippen LogP contribution in [0.2, 0.25) is 0 Å². The molecule has 0 amide bonds. The van der Waals surface area contributed by atoms with Crippen molar-refractivity contribution in [3.05, 3.63) is 33.9 Å². The van der Waals surface area contributed by atoms with E-state index < -0.39 is 4.92 Å². The largest absolute Gasteiger partial charge is 0.377 e. The number of rotatable bonds is 4. The van der Waals surface area contributed by atoms with Gasteiger partial charge >= 0.3 is 0 Å². The molecule has 96 valence electrons. The molecule has 0 radical (unpaired) electrons. The van der Waals surface area contributed by atoms with Gasteiger partial charge in [0, 0.05) is 17.7 Å². The van der Waals surface area contributed by atoms with E-state index in [2.05, 4.69) is 5.32 Å². The molecule has 0 heterocycles. The van der Waals surface area contributed by atoms with Gasteiger partial charge in [-0.25, -0.2) is 0 Å². The fourth-order valence-electron chi connectivity index (χ4n) is 2.36. The zero-order valence-corrected chi connectivity index (χ0v) is 10.1. The van der Waals surface area contributed by atoms with Crippen LogP contribution in [0.4, 0.5) is 11.4 Å². The zero-order chi connectivity index (χ0) is 13.0. The molecule has 0 saturated heterocycles. The van der Waals surface area contributed by atoms with Crippen LogP contribution in [0.15, 0.2) is 18.2 Å². The number of aldehydes is 1. The van der Waals surface area contributed by atoms with Crippen LogP contribution in [0.3, 0.4) is 0 Å². The minimum absolute atomic E-state index is 0.0230. The molecule has 1 saturated carbocycles. The first kappa shape index (κ1) is 12.5. The van der Waals surface area contributed by atoms with Gasteiger partial charge in [-0.1, -0.05) is 19.3 Å². The predicted octanol–water partition coefficient (Wildman–Crippen LogP) is 3.15. The summed E-state index contributed by atoms with van der Waals surface area (Å²) in [7, 11) is 0. The van der Waals surface area contributed by atoms with Gasteiger partial charge in [0.2, 0.25) is 0 Å². The number of nitro groups is 1. The number of nitrogens with one attached hydrogen (secondary N) is 1. The molecule has 1 aromatic carbocycles. The summed E-state index contributed by atoms with van der Waals surface area (Å²) in [6.07, 6.45) is 6.29. The third-order valence-electron chi connectivity index (χ3n) is 3.32. The lowest BCUT2D eigenvalue weighted by Gasteiger charge is -2.23. The molecule has 1 aliphatic carbocycles. The summed E-state index contributed by atoms with van der Waals surface area (Å²) in [5.74, 6) is 0. The fourth-order valence-corrected chi connectivity index (χ4v) is 2.36. The Bertz CT molecular complexity index is 454. The van der Waals surface area contributed by atoms with Crippen molar-refractivity contribution in [2.75, 3.05) is 5.32 Å². The zero-order valence-electron chi connectivity index (χ0n) is 10.1. The van der Waals surface area contributed by atoms with E-state index in [1.807, 2.05) is 0 Å². The Balaban J connectivity index is 2.20. The first-order valence-electron chi connectivity index (χ1n) is 6.21. The van der Waals surface area contributed by atoms with Crippen LogP contribution in [-0.4, -0.2) is 17.3 Å². The molecule has 1 aromatic rings. The van der Waals surface area contributed by atoms with Gasteiger partial charge in [-0.3, -0.25) is 14.9 Å². The Morgan fingerprint density at radius 1 is 1.28 bits per heavy atom.